The van der Waals surface area contributed by atoms with Gasteiger partial charge in [0.1, 0.15) is 0 Å². The summed E-state index contributed by atoms with van der Waals surface area (Å²) in [6, 6.07) is 11.4. The lowest BCUT2D eigenvalue weighted by molar-refractivity contribution is 0.100. The molecule has 0 aliphatic heterocycles. The average Bonchev–Trinajstić information content (AvgIpc) is 2.40. The molecule has 2 aromatic rings. The van der Waals surface area contributed by atoms with Crippen molar-refractivity contribution in [2.45, 2.75) is 20.4 Å². The molecular weight excluding hydrogens is 272 g/mol. The number of carbonyl (C=O) groups excluding carboxylic acids is 1. The van der Waals surface area contributed by atoms with Crippen LogP contribution in [0.5, 0.6) is 0 Å². The van der Waals surface area contributed by atoms with E-state index in [9.17, 15) is 4.79 Å². The number of amides is 1. The summed E-state index contributed by atoms with van der Waals surface area (Å²) in [5.41, 5.74) is 10.2. The van der Waals surface area contributed by atoms with Gasteiger partial charge in [-0.25, -0.2) is 0 Å². The van der Waals surface area contributed by atoms with Crippen LogP contribution in [-0.2, 0) is 6.54 Å². The van der Waals surface area contributed by atoms with Gasteiger partial charge in [0.25, 0.3) is 0 Å². The number of halogens is 1. The van der Waals surface area contributed by atoms with Crippen LogP contribution in [0.15, 0.2) is 36.4 Å². The van der Waals surface area contributed by atoms with Gasteiger partial charge in [0, 0.05) is 12.2 Å². The number of hydrogen-bond acceptors (Lipinski definition) is 2. The highest BCUT2D eigenvalue weighted by Crippen LogP contribution is 2.22. The lowest BCUT2D eigenvalue weighted by Gasteiger charge is -2.11. The van der Waals surface area contributed by atoms with Crippen molar-refractivity contribution in [1.29, 1.82) is 0 Å². The third kappa shape index (κ3) is 3.11. The molecule has 3 nitrogen and oxygen atoms in total. The number of anilines is 1. The topological polar surface area (TPSA) is 55.1 Å². The maximum absolute atomic E-state index is 11.1. The molecule has 0 bridgehead atoms. The fourth-order valence-corrected chi connectivity index (χ4v) is 2.30. The Labute approximate surface area is 123 Å². The SMILES string of the molecule is Cc1cccc(CNc2ccc(C(N)=O)c(Cl)c2)c1C. The molecule has 0 spiro atoms. The molecule has 0 unspecified atom stereocenters. The van der Waals surface area contributed by atoms with Crippen molar-refractivity contribution in [3.63, 3.8) is 0 Å². The molecule has 3 N–H and O–H groups in total. The average molecular weight is 289 g/mol. The van der Waals surface area contributed by atoms with Crippen molar-refractivity contribution in [2.24, 2.45) is 5.73 Å². The second kappa shape index (κ2) is 5.97. The fraction of sp³-hybridized carbons (Fsp3) is 0.188. The predicted molar refractivity (Wildman–Crippen MR) is 83.2 cm³/mol. The van der Waals surface area contributed by atoms with Gasteiger partial charge < -0.3 is 11.1 Å². The number of primary amides is 1. The first-order chi connectivity index (χ1) is 9.49. The molecule has 0 aromatic heterocycles. The van der Waals surface area contributed by atoms with Crippen LogP contribution in [0.3, 0.4) is 0 Å². The zero-order valence-electron chi connectivity index (χ0n) is 11.5. The monoisotopic (exact) mass is 288 g/mol. The molecule has 0 heterocycles. The quantitative estimate of drug-likeness (QED) is 0.902. The molecular formula is C16H17ClN2O. The maximum Gasteiger partial charge on any atom is 0.250 e. The Balaban J connectivity index is 2.13. The number of rotatable bonds is 4. The molecule has 2 rings (SSSR count). The molecule has 0 saturated carbocycles. The van der Waals surface area contributed by atoms with Crippen LogP contribution in [0.2, 0.25) is 5.02 Å². The molecule has 0 fully saturated rings. The standard InChI is InChI=1S/C16H17ClN2O/c1-10-4-3-5-12(11(10)2)9-19-13-6-7-14(16(18)20)15(17)8-13/h3-8,19H,9H2,1-2H3,(H2,18,20). The summed E-state index contributed by atoms with van der Waals surface area (Å²) >= 11 is 6.02. The van der Waals surface area contributed by atoms with Crippen LogP contribution in [0.25, 0.3) is 0 Å². The summed E-state index contributed by atoms with van der Waals surface area (Å²) in [4.78, 5) is 11.1. The largest absolute Gasteiger partial charge is 0.381 e. The minimum absolute atomic E-state index is 0.337. The summed E-state index contributed by atoms with van der Waals surface area (Å²) in [6.45, 7) is 4.91. The summed E-state index contributed by atoms with van der Waals surface area (Å²) in [5.74, 6) is -0.518. The van der Waals surface area contributed by atoms with E-state index >= 15 is 0 Å². The molecule has 0 aliphatic rings. The van der Waals surface area contributed by atoms with E-state index in [1.165, 1.54) is 16.7 Å². The van der Waals surface area contributed by atoms with Gasteiger partial charge in [0.05, 0.1) is 10.6 Å². The minimum atomic E-state index is -0.518. The van der Waals surface area contributed by atoms with E-state index in [0.29, 0.717) is 17.1 Å². The van der Waals surface area contributed by atoms with Crippen molar-refractivity contribution >= 4 is 23.2 Å². The normalized spacial score (nSPS) is 10.3. The van der Waals surface area contributed by atoms with Crippen molar-refractivity contribution in [3.05, 3.63) is 63.7 Å². The molecule has 0 saturated heterocycles. The van der Waals surface area contributed by atoms with Crippen LogP contribution in [0.1, 0.15) is 27.0 Å². The van der Waals surface area contributed by atoms with E-state index < -0.39 is 5.91 Å². The van der Waals surface area contributed by atoms with E-state index in [1.54, 1.807) is 18.2 Å². The molecule has 0 atom stereocenters. The molecule has 4 heteroatoms. The summed E-state index contributed by atoms with van der Waals surface area (Å²) in [5, 5.41) is 3.66. The molecule has 104 valence electrons. The smallest absolute Gasteiger partial charge is 0.250 e. The van der Waals surface area contributed by atoms with E-state index in [1.807, 2.05) is 6.07 Å². The molecule has 0 radical (unpaired) electrons. The highest BCUT2D eigenvalue weighted by atomic mass is 35.5. The second-order valence-corrected chi connectivity index (χ2v) is 5.18. The third-order valence-corrected chi connectivity index (χ3v) is 3.75. The van der Waals surface area contributed by atoms with E-state index in [4.69, 9.17) is 17.3 Å². The van der Waals surface area contributed by atoms with Gasteiger partial charge in [-0.05, 0) is 48.7 Å². The number of carbonyl (C=O) groups is 1. The Morgan fingerprint density at radius 3 is 2.65 bits per heavy atom. The number of benzene rings is 2. The number of aryl methyl sites for hydroxylation is 1. The predicted octanol–water partition coefficient (Wildman–Crippen LogP) is 3.67. The second-order valence-electron chi connectivity index (χ2n) is 4.77. The molecule has 1 amide bonds. The van der Waals surface area contributed by atoms with E-state index in [2.05, 4.69) is 31.3 Å². The Morgan fingerprint density at radius 2 is 2.00 bits per heavy atom. The van der Waals surface area contributed by atoms with Gasteiger partial charge in [-0.15, -0.1) is 0 Å². The number of nitrogens with one attached hydrogen (secondary N) is 1. The van der Waals surface area contributed by atoms with Crippen LogP contribution in [0, 0.1) is 13.8 Å². The van der Waals surface area contributed by atoms with Crippen molar-refractivity contribution in [1.82, 2.24) is 0 Å². The van der Waals surface area contributed by atoms with E-state index in [-0.39, 0.29) is 0 Å². The first-order valence-electron chi connectivity index (χ1n) is 6.37. The lowest BCUT2D eigenvalue weighted by atomic mass is 10.0. The first kappa shape index (κ1) is 14.4. The zero-order valence-corrected chi connectivity index (χ0v) is 12.3. The lowest BCUT2D eigenvalue weighted by Crippen LogP contribution is -2.11. The van der Waals surface area contributed by atoms with E-state index in [0.717, 1.165) is 5.69 Å². The van der Waals surface area contributed by atoms with Crippen molar-refractivity contribution in [2.75, 3.05) is 5.32 Å². The highest BCUT2D eigenvalue weighted by molar-refractivity contribution is 6.34. The summed E-state index contributed by atoms with van der Waals surface area (Å²) < 4.78 is 0. The van der Waals surface area contributed by atoms with Gasteiger partial charge in [-0.2, -0.15) is 0 Å². The Bertz CT molecular complexity index is 653. The van der Waals surface area contributed by atoms with Crippen LogP contribution >= 0.6 is 11.6 Å². The molecule has 0 aliphatic carbocycles. The van der Waals surface area contributed by atoms with Gasteiger partial charge in [0.15, 0.2) is 0 Å². The summed E-state index contributed by atoms with van der Waals surface area (Å²) in [6.07, 6.45) is 0. The molecule has 20 heavy (non-hydrogen) atoms. The van der Waals surface area contributed by atoms with Crippen LogP contribution in [0.4, 0.5) is 5.69 Å². The van der Waals surface area contributed by atoms with Crippen molar-refractivity contribution < 1.29 is 4.79 Å². The number of hydrogen-bond donors (Lipinski definition) is 2. The first-order valence-corrected chi connectivity index (χ1v) is 6.75. The highest BCUT2D eigenvalue weighted by Gasteiger charge is 2.07. The Morgan fingerprint density at radius 1 is 1.25 bits per heavy atom. The van der Waals surface area contributed by atoms with Gasteiger partial charge in [-0.3, -0.25) is 4.79 Å². The third-order valence-electron chi connectivity index (χ3n) is 3.43. The van der Waals surface area contributed by atoms with Crippen LogP contribution < -0.4 is 11.1 Å². The van der Waals surface area contributed by atoms with Gasteiger partial charge in [-0.1, -0.05) is 29.8 Å². The summed E-state index contributed by atoms with van der Waals surface area (Å²) in [7, 11) is 0. The van der Waals surface area contributed by atoms with Crippen LogP contribution in [-0.4, -0.2) is 5.91 Å². The van der Waals surface area contributed by atoms with Gasteiger partial charge >= 0.3 is 0 Å². The zero-order chi connectivity index (χ0) is 14.7. The fourth-order valence-electron chi connectivity index (χ4n) is 2.03. The van der Waals surface area contributed by atoms with Gasteiger partial charge in [0.2, 0.25) is 5.91 Å². The Kier molecular flexibility index (Phi) is 4.30. The van der Waals surface area contributed by atoms with Crippen molar-refractivity contribution in [3.8, 4) is 0 Å². The minimum Gasteiger partial charge on any atom is -0.381 e. The Hall–Kier alpha value is -2.00. The molecule has 2 aromatic carbocycles. The number of nitrogens with two attached hydrogens (primary N) is 1. The maximum atomic E-state index is 11.1.